The van der Waals surface area contributed by atoms with Gasteiger partial charge in [-0.3, -0.25) is 4.79 Å². The first-order valence-electron chi connectivity index (χ1n) is 6.15. The van der Waals surface area contributed by atoms with Crippen LogP contribution in [0.5, 0.6) is 5.75 Å². The van der Waals surface area contributed by atoms with Gasteiger partial charge in [0.2, 0.25) is 0 Å². The second kappa shape index (κ2) is 6.75. The summed E-state index contributed by atoms with van der Waals surface area (Å²) in [5.41, 5.74) is 2.70. The summed E-state index contributed by atoms with van der Waals surface area (Å²) in [5.74, 6) is 0.859. The van der Waals surface area contributed by atoms with Crippen molar-refractivity contribution in [2.24, 2.45) is 0 Å². The van der Waals surface area contributed by atoms with Crippen LogP contribution < -0.4 is 4.74 Å². The molecule has 0 aliphatic carbocycles. The van der Waals surface area contributed by atoms with Crippen molar-refractivity contribution < 1.29 is 14.3 Å². The maximum atomic E-state index is 10.5. The number of rotatable bonds is 7. The molecular weight excluding hydrogens is 242 g/mol. The van der Waals surface area contributed by atoms with Gasteiger partial charge in [0.05, 0.1) is 26.0 Å². The first kappa shape index (κ1) is 13.4. The molecule has 0 spiro atoms. The Hall–Kier alpha value is -2.07. The fraction of sp³-hybridized carbons (Fsp3) is 0.267. The molecule has 0 aliphatic rings. The van der Waals surface area contributed by atoms with Crippen LogP contribution in [0.2, 0.25) is 0 Å². The van der Waals surface area contributed by atoms with Crippen molar-refractivity contribution in [3.63, 3.8) is 0 Å². The van der Waals surface area contributed by atoms with Crippen LogP contribution in [0.3, 0.4) is 0 Å². The third kappa shape index (κ3) is 3.96. The lowest BCUT2D eigenvalue weighted by atomic mass is 10.1. The zero-order chi connectivity index (χ0) is 13.5. The Morgan fingerprint density at radius 1 is 1.16 bits per heavy atom. The van der Waals surface area contributed by atoms with Gasteiger partial charge >= 0.3 is 0 Å². The van der Waals surface area contributed by atoms with Crippen LogP contribution in [-0.4, -0.2) is 25.0 Å². The summed E-state index contributed by atoms with van der Waals surface area (Å²) >= 11 is 0. The van der Waals surface area contributed by atoms with E-state index < -0.39 is 0 Å². The van der Waals surface area contributed by atoms with E-state index in [2.05, 4.69) is 4.98 Å². The van der Waals surface area contributed by atoms with Crippen molar-refractivity contribution >= 4 is 6.29 Å². The summed E-state index contributed by atoms with van der Waals surface area (Å²) in [5, 5.41) is 0. The second-order valence-corrected chi connectivity index (χ2v) is 4.21. The SMILES string of the molecule is COc1ccc(CCOCc2ccc(C=O)[nH]2)cc1. The van der Waals surface area contributed by atoms with Gasteiger partial charge in [-0.25, -0.2) is 0 Å². The van der Waals surface area contributed by atoms with E-state index >= 15 is 0 Å². The Bertz CT molecular complexity index is 516. The van der Waals surface area contributed by atoms with Crippen LogP contribution in [0.1, 0.15) is 21.7 Å². The molecule has 2 rings (SSSR count). The summed E-state index contributed by atoms with van der Waals surface area (Å²) in [7, 11) is 1.65. The van der Waals surface area contributed by atoms with Crippen LogP contribution in [0, 0.1) is 0 Å². The molecule has 4 nitrogen and oxygen atoms in total. The van der Waals surface area contributed by atoms with Crippen LogP contribution in [-0.2, 0) is 17.8 Å². The molecule has 0 amide bonds. The zero-order valence-electron chi connectivity index (χ0n) is 10.9. The number of H-pyrrole nitrogens is 1. The van der Waals surface area contributed by atoms with Gasteiger partial charge in [-0.15, -0.1) is 0 Å². The summed E-state index contributed by atoms with van der Waals surface area (Å²) in [6.07, 6.45) is 1.64. The summed E-state index contributed by atoms with van der Waals surface area (Å²) in [4.78, 5) is 13.5. The van der Waals surface area contributed by atoms with Gasteiger partial charge < -0.3 is 14.5 Å². The first-order valence-corrected chi connectivity index (χ1v) is 6.15. The number of ether oxygens (including phenoxy) is 2. The average Bonchev–Trinajstić information content (AvgIpc) is 2.92. The van der Waals surface area contributed by atoms with E-state index in [1.54, 1.807) is 13.2 Å². The molecule has 1 aromatic heterocycles. The van der Waals surface area contributed by atoms with Crippen LogP contribution in [0.15, 0.2) is 36.4 Å². The average molecular weight is 259 g/mol. The number of carbonyl (C=O) groups is 1. The predicted molar refractivity (Wildman–Crippen MR) is 72.5 cm³/mol. The van der Waals surface area contributed by atoms with Crippen molar-refractivity contribution in [3.05, 3.63) is 53.3 Å². The molecule has 19 heavy (non-hydrogen) atoms. The molecule has 0 saturated carbocycles. The lowest BCUT2D eigenvalue weighted by molar-refractivity contribution is 0.111. The molecule has 0 radical (unpaired) electrons. The topological polar surface area (TPSA) is 51.3 Å². The largest absolute Gasteiger partial charge is 0.497 e. The maximum absolute atomic E-state index is 10.5. The lowest BCUT2D eigenvalue weighted by Gasteiger charge is -2.04. The highest BCUT2D eigenvalue weighted by Crippen LogP contribution is 2.11. The zero-order valence-corrected chi connectivity index (χ0v) is 10.9. The van der Waals surface area contributed by atoms with Gasteiger partial charge in [-0.05, 0) is 36.2 Å². The van der Waals surface area contributed by atoms with E-state index in [9.17, 15) is 4.79 Å². The van der Waals surface area contributed by atoms with Crippen molar-refractivity contribution in [3.8, 4) is 5.75 Å². The van der Waals surface area contributed by atoms with Crippen LogP contribution in [0.4, 0.5) is 0 Å². The number of nitrogens with one attached hydrogen (secondary N) is 1. The van der Waals surface area contributed by atoms with Crippen molar-refractivity contribution in [1.82, 2.24) is 4.98 Å². The Morgan fingerprint density at radius 3 is 2.58 bits per heavy atom. The highest BCUT2D eigenvalue weighted by Gasteiger charge is 1.99. The quantitative estimate of drug-likeness (QED) is 0.614. The Balaban J connectivity index is 1.72. The fourth-order valence-corrected chi connectivity index (χ4v) is 1.78. The van der Waals surface area contributed by atoms with Crippen LogP contribution >= 0.6 is 0 Å². The van der Waals surface area contributed by atoms with Crippen molar-refractivity contribution in [2.45, 2.75) is 13.0 Å². The number of aromatic nitrogens is 1. The standard InChI is InChI=1S/C15H17NO3/c1-18-15-6-2-12(3-7-15)8-9-19-11-14-5-4-13(10-17)16-14/h2-7,10,16H,8-9,11H2,1H3. The minimum Gasteiger partial charge on any atom is -0.497 e. The van der Waals surface area contributed by atoms with Gasteiger partial charge in [0.15, 0.2) is 6.29 Å². The summed E-state index contributed by atoms with van der Waals surface area (Å²) in [6.45, 7) is 1.13. The smallest absolute Gasteiger partial charge is 0.166 e. The molecule has 0 atom stereocenters. The highest BCUT2D eigenvalue weighted by atomic mass is 16.5. The number of carbonyl (C=O) groups excluding carboxylic acids is 1. The molecule has 1 heterocycles. The Labute approximate surface area is 112 Å². The molecule has 2 aromatic rings. The third-order valence-electron chi connectivity index (χ3n) is 2.85. The van der Waals surface area contributed by atoms with E-state index in [-0.39, 0.29) is 0 Å². The number of benzene rings is 1. The molecule has 4 heteroatoms. The fourth-order valence-electron chi connectivity index (χ4n) is 1.78. The molecule has 0 aliphatic heterocycles. The number of methoxy groups -OCH3 is 1. The van der Waals surface area contributed by atoms with E-state index in [0.29, 0.717) is 18.9 Å². The Morgan fingerprint density at radius 2 is 1.95 bits per heavy atom. The molecule has 100 valence electrons. The van der Waals surface area contributed by atoms with Gasteiger partial charge in [-0.1, -0.05) is 12.1 Å². The number of hydrogen-bond acceptors (Lipinski definition) is 3. The second-order valence-electron chi connectivity index (χ2n) is 4.21. The first-order chi connectivity index (χ1) is 9.31. The molecule has 0 fully saturated rings. The Kier molecular flexibility index (Phi) is 4.75. The van der Waals surface area contributed by atoms with Gasteiger partial charge in [0.1, 0.15) is 5.75 Å². The van der Waals surface area contributed by atoms with Crippen molar-refractivity contribution in [1.29, 1.82) is 0 Å². The van der Waals surface area contributed by atoms with Crippen LogP contribution in [0.25, 0.3) is 0 Å². The monoisotopic (exact) mass is 259 g/mol. The molecular formula is C15H17NO3. The summed E-state index contributed by atoms with van der Waals surface area (Å²) in [6, 6.07) is 11.5. The molecule has 1 N–H and O–H groups in total. The number of hydrogen-bond donors (Lipinski definition) is 1. The highest BCUT2D eigenvalue weighted by molar-refractivity contribution is 5.71. The molecule has 1 aromatic carbocycles. The predicted octanol–water partition coefficient (Wildman–Crippen LogP) is 2.60. The van der Waals surface area contributed by atoms with Gasteiger partial charge in [0, 0.05) is 5.69 Å². The minimum atomic E-state index is 0.490. The maximum Gasteiger partial charge on any atom is 0.166 e. The van der Waals surface area contributed by atoms with E-state index in [0.717, 1.165) is 24.2 Å². The van der Waals surface area contributed by atoms with Gasteiger partial charge in [0.25, 0.3) is 0 Å². The van der Waals surface area contributed by atoms with Gasteiger partial charge in [-0.2, -0.15) is 0 Å². The normalized spacial score (nSPS) is 10.4. The molecule has 0 saturated heterocycles. The molecule has 0 unspecified atom stereocenters. The van der Waals surface area contributed by atoms with E-state index in [1.165, 1.54) is 5.56 Å². The minimum absolute atomic E-state index is 0.490. The van der Waals surface area contributed by atoms with E-state index in [4.69, 9.17) is 9.47 Å². The number of aromatic amines is 1. The third-order valence-corrected chi connectivity index (χ3v) is 2.85. The molecule has 0 bridgehead atoms. The van der Waals surface area contributed by atoms with E-state index in [1.807, 2.05) is 30.3 Å². The van der Waals surface area contributed by atoms with Crippen molar-refractivity contribution in [2.75, 3.05) is 13.7 Å². The summed E-state index contributed by atoms with van der Waals surface area (Å²) < 4.78 is 10.7. The lowest BCUT2D eigenvalue weighted by Crippen LogP contribution is -1.99. The number of aldehydes is 1.